The van der Waals surface area contributed by atoms with Crippen LogP contribution in [0.5, 0.6) is 0 Å². The third-order valence-corrected chi connectivity index (χ3v) is 4.06. The number of nitrogens with zero attached hydrogens (tertiary/aromatic N) is 3. The number of hydrogen-bond donors (Lipinski definition) is 2. The number of nitrogens with one attached hydrogen (secondary N) is 2. The molecule has 0 aliphatic carbocycles. The summed E-state index contributed by atoms with van der Waals surface area (Å²) in [6.07, 6.45) is 6.71. The first kappa shape index (κ1) is 21.0. The lowest BCUT2D eigenvalue weighted by molar-refractivity contribution is 0.128. The van der Waals surface area contributed by atoms with Gasteiger partial charge in [0.05, 0.1) is 19.5 Å². The minimum absolute atomic E-state index is 0.640. The molecule has 0 atom stereocenters. The molecule has 1 heterocycles. The van der Waals surface area contributed by atoms with Gasteiger partial charge >= 0.3 is 0 Å². The normalized spacial score (nSPS) is 11.8. The molecule has 0 radical (unpaired) electrons. The molecule has 0 unspecified atom stereocenters. The van der Waals surface area contributed by atoms with Gasteiger partial charge in [-0.1, -0.05) is 38.1 Å². The van der Waals surface area contributed by atoms with E-state index < -0.39 is 0 Å². The van der Waals surface area contributed by atoms with Crippen molar-refractivity contribution in [3.8, 4) is 0 Å². The van der Waals surface area contributed by atoms with Gasteiger partial charge in [0.2, 0.25) is 0 Å². The van der Waals surface area contributed by atoms with Gasteiger partial charge in [-0.15, -0.1) is 0 Å². The van der Waals surface area contributed by atoms with E-state index in [2.05, 4.69) is 70.2 Å². The van der Waals surface area contributed by atoms with Crippen LogP contribution in [0.3, 0.4) is 0 Å². The highest BCUT2D eigenvalue weighted by molar-refractivity contribution is 5.79. The Morgan fingerprint density at radius 2 is 2.07 bits per heavy atom. The Balaban J connectivity index is 1.81. The Kier molecular flexibility index (Phi) is 9.41. The van der Waals surface area contributed by atoms with Gasteiger partial charge in [0, 0.05) is 38.6 Å². The van der Waals surface area contributed by atoms with Crippen molar-refractivity contribution < 1.29 is 4.74 Å². The van der Waals surface area contributed by atoms with Crippen molar-refractivity contribution in [2.24, 2.45) is 10.9 Å². The minimum Gasteiger partial charge on any atom is -0.380 e. The fraction of sp³-hybridized carbons (Fsp3) is 0.524. The summed E-state index contributed by atoms with van der Waals surface area (Å²) in [6.45, 7) is 11.1. The Labute approximate surface area is 163 Å². The summed E-state index contributed by atoms with van der Waals surface area (Å²) in [4.78, 5) is 8.78. The van der Waals surface area contributed by atoms with Crippen molar-refractivity contribution in [1.82, 2.24) is 20.2 Å². The molecule has 27 heavy (non-hydrogen) atoms. The lowest BCUT2D eigenvalue weighted by Crippen LogP contribution is -2.39. The molecule has 2 N–H and O–H groups in total. The standard InChI is InChI=1S/C21H33N5O/c1-4-23-21(24-10-13-27-12-8-18(2)3)25-15-19-6-5-7-20(14-19)16-26-11-9-22-17-26/h5-7,9,11,14,17-18H,4,8,10,12-13,15-16H2,1-3H3,(H2,23,24,25). The summed E-state index contributed by atoms with van der Waals surface area (Å²) in [5.41, 5.74) is 2.44. The third-order valence-electron chi connectivity index (χ3n) is 4.06. The first-order chi connectivity index (χ1) is 13.2. The van der Waals surface area contributed by atoms with Crippen LogP contribution >= 0.6 is 0 Å². The van der Waals surface area contributed by atoms with Gasteiger partial charge in [0.25, 0.3) is 0 Å². The summed E-state index contributed by atoms with van der Waals surface area (Å²) < 4.78 is 7.71. The van der Waals surface area contributed by atoms with Crippen LogP contribution in [0, 0.1) is 5.92 Å². The number of guanidine groups is 1. The first-order valence-electron chi connectivity index (χ1n) is 9.81. The number of aromatic nitrogens is 2. The molecule has 0 fully saturated rings. The lowest BCUT2D eigenvalue weighted by Gasteiger charge is -2.12. The smallest absolute Gasteiger partial charge is 0.191 e. The summed E-state index contributed by atoms with van der Waals surface area (Å²) >= 11 is 0. The summed E-state index contributed by atoms with van der Waals surface area (Å²) in [5.74, 6) is 1.51. The van der Waals surface area contributed by atoms with Gasteiger partial charge in [0.1, 0.15) is 0 Å². The summed E-state index contributed by atoms with van der Waals surface area (Å²) in [5, 5.41) is 6.62. The molecule has 0 bridgehead atoms. The van der Waals surface area contributed by atoms with Gasteiger partial charge in [-0.3, -0.25) is 0 Å². The number of aliphatic imine (C=N–C) groups is 1. The molecule has 1 aromatic carbocycles. The molecule has 2 rings (SSSR count). The lowest BCUT2D eigenvalue weighted by atomic mass is 10.1. The quantitative estimate of drug-likeness (QED) is 0.362. The molecule has 2 aromatic rings. The van der Waals surface area contributed by atoms with Crippen molar-refractivity contribution in [2.45, 2.75) is 40.3 Å². The number of benzene rings is 1. The highest BCUT2D eigenvalue weighted by atomic mass is 16.5. The molecule has 6 heteroatoms. The third kappa shape index (κ3) is 8.73. The van der Waals surface area contributed by atoms with E-state index in [9.17, 15) is 0 Å². The summed E-state index contributed by atoms with van der Waals surface area (Å²) in [7, 11) is 0. The van der Waals surface area contributed by atoms with E-state index >= 15 is 0 Å². The van der Waals surface area contributed by atoms with Crippen molar-refractivity contribution in [2.75, 3.05) is 26.3 Å². The van der Waals surface area contributed by atoms with E-state index in [4.69, 9.17) is 4.74 Å². The summed E-state index contributed by atoms with van der Waals surface area (Å²) in [6, 6.07) is 8.52. The molecule has 148 valence electrons. The van der Waals surface area contributed by atoms with Crippen molar-refractivity contribution in [3.63, 3.8) is 0 Å². The molecule has 0 spiro atoms. The van der Waals surface area contributed by atoms with E-state index in [1.54, 1.807) is 6.20 Å². The van der Waals surface area contributed by atoms with Crippen LogP contribution < -0.4 is 10.6 Å². The van der Waals surface area contributed by atoms with Crippen LogP contribution in [0.25, 0.3) is 0 Å². The van der Waals surface area contributed by atoms with Crippen LogP contribution in [-0.2, 0) is 17.8 Å². The fourth-order valence-corrected chi connectivity index (χ4v) is 2.59. The predicted octanol–water partition coefficient (Wildman–Crippen LogP) is 3.05. The zero-order valence-electron chi connectivity index (χ0n) is 16.8. The zero-order chi connectivity index (χ0) is 19.3. The highest BCUT2D eigenvalue weighted by Crippen LogP contribution is 2.08. The van der Waals surface area contributed by atoms with Crippen molar-refractivity contribution in [3.05, 3.63) is 54.1 Å². The van der Waals surface area contributed by atoms with Gasteiger partial charge in [-0.2, -0.15) is 0 Å². The van der Waals surface area contributed by atoms with E-state index in [1.165, 1.54) is 11.1 Å². The second-order valence-electron chi connectivity index (χ2n) is 6.97. The van der Waals surface area contributed by atoms with Crippen LogP contribution in [0.15, 0.2) is 48.0 Å². The molecule has 0 amide bonds. The monoisotopic (exact) mass is 371 g/mol. The number of ether oxygens (including phenoxy) is 1. The van der Waals surface area contributed by atoms with Crippen molar-refractivity contribution in [1.29, 1.82) is 0 Å². The minimum atomic E-state index is 0.640. The Bertz CT molecular complexity index is 667. The molecular formula is C21H33N5O. The zero-order valence-corrected chi connectivity index (χ0v) is 16.8. The van der Waals surface area contributed by atoms with E-state index in [1.807, 2.05) is 12.5 Å². The van der Waals surface area contributed by atoms with Crippen LogP contribution in [-0.4, -0.2) is 41.8 Å². The maximum atomic E-state index is 5.65. The Morgan fingerprint density at radius 1 is 1.22 bits per heavy atom. The SMILES string of the molecule is CCNC(=NCc1cccc(Cn2ccnc2)c1)NCCOCCC(C)C. The van der Waals surface area contributed by atoms with E-state index in [0.29, 0.717) is 19.1 Å². The molecule has 0 aliphatic heterocycles. The van der Waals surface area contributed by atoms with Gasteiger partial charge < -0.3 is 19.9 Å². The highest BCUT2D eigenvalue weighted by Gasteiger charge is 2.00. The van der Waals surface area contributed by atoms with Gasteiger partial charge in [-0.05, 0) is 30.4 Å². The molecule has 6 nitrogen and oxygen atoms in total. The maximum Gasteiger partial charge on any atom is 0.191 e. The molecule has 1 aromatic heterocycles. The molecular weight excluding hydrogens is 338 g/mol. The second kappa shape index (κ2) is 12.1. The van der Waals surface area contributed by atoms with E-state index in [0.717, 1.165) is 38.6 Å². The van der Waals surface area contributed by atoms with Crippen molar-refractivity contribution >= 4 is 5.96 Å². The van der Waals surface area contributed by atoms with Crippen LogP contribution in [0.4, 0.5) is 0 Å². The van der Waals surface area contributed by atoms with Gasteiger partial charge in [0.15, 0.2) is 5.96 Å². The predicted molar refractivity (Wildman–Crippen MR) is 111 cm³/mol. The second-order valence-corrected chi connectivity index (χ2v) is 6.97. The van der Waals surface area contributed by atoms with Gasteiger partial charge in [-0.25, -0.2) is 9.98 Å². The van der Waals surface area contributed by atoms with Crippen LogP contribution in [0.1, 0.15) is 38.3 Å². The average Bonchev–Trinajstić information content (AvgIpc) is 3.15. The van der Waals surface area contributed by atoms with E-state index in [-0.39, 0.29) is 0 Å². The molecule has 0 aliphatic rings. The fourth-order valence-electron chi connectivity index (χ4n) is 2.59. The largest absolute Gasteiger partial charge is 0.380 e. The first-order valence-corrected chi connectivity index (χ1v) is 9.81. The maximum absolute atomic E-state index is 5.65. The van der Waals surface area contributed by atoms with Crippen LogP contribution in [0.2, 0.25) is 0 Å². The molecule has 0 saturated heterocycles. The topological polar surface area (TPSA) is 63.5 Å². The Hall–Kier alpha value is -2.34. The molecule has 0 saturated carbocycles. The number of hydrogen-bond acceptors (Lipinski definition) is 3. The number of imidazole rings is 1. The Morgan fingerprint density at radius 3 is 2.81 bits per heavy atom. The number of rotatable bonds is 11. The average molecular weight is 372 g/mol.